The Bertz CT molecular complexity index is 419. The number of benzene rings is 1. The van der Waals surface area contributed by atoms with Gasteiger partial charge in [0.2, 0.25) is 5.91 Å². The molecule has 0 bridgehead atoms. The first-order chi connectivity index (χ1) is 8.53. The second kappa shape index (κ2) is 6.40. The van der Waals surface area contributed by atoms with Gasteiger partial charge in [-0.1, -0.05) is 30.3 Å². The van der Waals surface area contributed by atoms with Crippen molar-refractivity contribution in [2.75, 3.05) is 6.54 Å². The standard InChI is InChI=1S/C15H22N2O.ClH/c1-12-8-6-7-11-17(12)14(18)15(2,16)13-9-4-3-5-10-13;/h3-5,9-10,12H,6-8,11,16H2,1-2H3;1H. The molecular formula is C15H23ClN2O. The third-order valence-corrected chi connectivity index (χ3v) is 3.88. The molecule has 1 aromatic carbocycles. The summed E-state index contributed by atoms with van der Waals surface area (Å²) in [5.74, 6) is 0.0425. The summed E-state index contributed by atoms with van der Waals surface area (Å²) in [4.78, 5) is 14.6. The van der Waals surface area contributed by atoms with Crippen LogP contribution in [0.5, 0.6) is 0 Å². The van der Waals surface area contributed by atoms with Crippen LogP contribution in [0.15, 0.2) is 30.3 Å². The fourth-order valence-corrected chi connectivity index (χ4v) is 2.61. The average molecular weight is 283 g/mol. The Kier molecular flexibility index (Phi) is 5.39. The number of nitrogens with zero attached hydrogens (tertiary/aromatic N) is 1. The van der Waals surface area contributed by atoms with Crippen LogP contribution in [-0.2, 0) is 10.3 Å². The van der Waals surface area contributed by atoms with Crippen molar-refractivity contribution in [2.24, 2.45) is 5.73 Å². The molecular weight excluding hydrogens is 260 g/mol. The first-order valence-electron chi connectivity index (χ1n) is 6.69. The summed E-state index contributed by atoms with van der Waals surface area (Å²) in [7, 11) is 0. The molecule has 1 aliphatic heterocycles. The van der Waals surface area contributed by atoms with E-state index in [1.807, 2.05) is 42.2 Å². The molecule has 1 saturated heterocycles. The van der Waals surface area contributed by atoms with Gasteiger partial charge in [-0.3, -0.25) is 4.79 Å². The highest BCUT2D eigenvalue weighted by Gasteiger charge is 2.36. The minimum absolute atomic E-state index is 0. The molecule has 19 heavy (non-hydrogen) atoms. The van der Waals surface area contributed by atoms with Crippen LogP contribution in [0.1, 0.15) is 38.7 Å². The minimum atomic E-state index is -0.924. The summed E-state index contributed by atoms with van der Waals surface area (Å²) in [5.41, 5.74) is 6.24. The number of likely N-dealkylation sites (tertiary alicyclic amines) is 1. The molecule has 4 heteroatoms. The number of hydrogen-bond acceptors (Lipinski definition) is 2. The van der Waals surface area contributed by atoms with E-state index in [0.717, 1.165) is 24.9 Å². The van der Waals surface area contributed by atoms with Gasteiger partial charge in [-0.25, -0.2) is 0 Å². The zero-order valence-corrected chi connectivity index (χ0v) is 12.5. The Morgan fingerprint density at radius 1 is 1.32 bits per heavy atom. The van der Waals surface area contributed by atoms with Gasteiger partial charge < -0.3 is 10.6 Å². The van der Waals surface area contributed by atoms with Crippen molar-refractivity contribution >= 4 is 18.3 Å². The van der Waals surface area contributed by atoms with E-state index < -0.39 is 5.54 Å². The first kappa shape index (κ1) is 16.0. The molecule has 1 aromatic rings. The van der Waals surface area contributed by atoms with E-state index in [1.165, 1.54) is 6.42 Å². The van der Waals surface area contributed by atoms with Gasteiger partial charge in [-0.15, -0.1) is 12.4 Å². The zero-order valence-electron chi connectivity index (χ0n) is 11.6. The number of nitrogens with two attached hydrogens (primary N) is 1. The van der Waals surface area contributed by atoms with E-state index >= 15 is 0 Å². The van der Waals surface area contributed by atoms with Crippen LogP contribution in [0.25, 0.3) is 0 Å². The number of carbonyl (C=O) groups is 1. The van der Waals surface area contributed by atoms with Crippen LogP contribution in [-0.4, -0.2) is 23.4 Å². The van der Waals surface area contributed by atoms with Crippen molar-refractivity contribution in [2.45, 2.75) is 44.7 Å². The minimum Gasteiger partial charge on any atom is -0.338 e. The number of rotatable bonds is 2. The monoisotopic (exact) mass is 282 g/mol. The number of piperidine rings is 1. The molecule has 0 spiro atoms. The van der Waals surface area contributed by atoms with Crippen molar-refractivity contribution in [3.8, 4) is 0 Å². The topological polar surface area (TPSA) is 46.3 Å². The van der Waals surface area contributed by atoms with Gasteiger partial charge in [0.25, 0.3) is 0 Å². The van der Waals surface area contributed by atoms with Gasteiger partial charge in [0, 0.05) is 12.6 Å². The van der Waals surface area contributed by atoms with E-state index in [2.05, 4.69) is 6.92 Å². The largest absolute Gasteiger partial charge is 0.338 e. The van der Waals surface area contributed by atoms with E-state index in [9.17, 15) is 4.79 Å². The maximum atomic E-state index is 12.6. The second-order valence-corrected chi connectivity index (χ2v) is 5.41. The average Bonchev–Trinajstić information content (AvgIpc) is 2.39. The maximum Gasteiger partial charge on any atom is 0.247 e. The molecule has 1 amide bonds. The summed E-state index contributed by atoms with van der Waals surface area (Å²) in [6.07, 6.45) is 3.37. The quantitative estimate of drug-likeness (QED) is 0.906. The lowest BCUT2D eigenvalue weighted by molar-refractivity contribution is -0.140. The molecule has 0 saturated carbocycles. The SMILES string of the molecule is CC1CCCCN1C(=O)C(C)(N)c1ccccc1.Cl. The number of hydrogen-bond donors (Lipinski definition) is 1. The molecule has 3 nitrogen and oxygen atoms in total. The van der Waals surface area contributed by atoms with Gasteiger partial charge >= 0.3 is 0 Å². The zero-order chi connectivity index (χ0) is 13.2. The molecule has 2 rings (SSSR count). The Labute approximate surface area is 121 Å². The third kappa shape index (κ3) is 3.28. The lowest BCUT2D eigenvalue weighted by Crippen LogP contribution is -2.54. The van der Waals surface area contributed by atoms with E-state index in [-0.39, 0.29) is 18.3 Å². The molecule has 1 fully saturated rings. The van der Waals surface area contributed by atoms with Gasteiger partial charge in [-0.2, -0.15) is 0 Å². The van der Waals surface area contributed by atoms with Crippen molar-refractivity contribution in [1.82, 2.24) is 4.90 Å². The number of halogens is 1. The van der Waals surface area contributed by atoms with E-state index in [4.69, 9.17) is 5.73 Å². The van der Waals surface area contributed by atoms with Crippen LogP contribution in [0.4, 0.5) is 0 Å². The predicted octanol–water partition coefficient (Wildman–Crippen LogP) is 2.68. The summed E-state index contributed by atoms with van der Waals surface area (Å²) in [5, 5.41) is 0. The lowest BCUT2D eigenvalue weighted by atomic mass is 9.90. The Balaban J connectivity index is 0.00000180. The van der Waals surface area contributed by atoms with E-state index in [0.29, 0.717) is 6.04 Å². The summed E-state index contributed by atoms with van der Waals surface area (Å²) >= 11 is 0. The normalized spacial score (nSPS) is 22.3. The Morgan fingerprint density at radius 2 is 1.95 bits per heavy atom. The van der Waals surface area contributed by atoms with Crippen LogP contribution in [0.3, 0.4) is 0 Å². The molecule has 1 aliphatic rings. The maximum absolute atomic E-state index is 12.6. The molecule has 0 radical (unpaired) electrons. The van der Waals surface area contributed by atoms with Crippen LogP contribution in [0, 0.1) is 0 Å². The Morgan fingerprint density at radius 3 is 2.53 bits per heavy atom. The molecule has 2 N–H and O–H groups in total. The van der Waals surface area contributed by atoms with Crippen molar-refractivity contribution in [1.29, 1.82) is 0 Å². The van der Waals surface area contributed by atoms with Gasteiger partial charge in [-0.05, 0) is 38.7 Å². The fourth-order valence-electron chi connectivity index (χ4n) is 2.61. The number of carbonyl (C=O) groups excluding carboxylic acids is 1. The highest BCUT2D eigenvalue weighted by molar-refractivity contribution is 5.87. The fraction of sp³-hybridized carbons (Fsp3) is 0.533. The second-order valence-electron chi connectivity index (χ2n) is 5.41. The summed E-state index contributed by atoms with van der Waals surface area (Å²) in [6, 6.07) is 9.94. The Hall–Kier alpha value is -1.06. The number of amides is 1. The highest BCUT2D eigenvalue weighted by atomic mass is 35.5. The third-order valence-electron chi connectivity index (χ3n) is 3.88. The van der Waals surface area contributed by atoms with Crippen molar-refractivity contribution < 1.29 is 4.79 Å². The van der Waals surface area contributed by atoms with Crippen LogP contribution < -0.4 is 5.73 Å². The highest BCUT2D eigenvalue weighted by Crippen LogP contribution is 2.25. The van der Waals surface area contributed by atoms with Crippen molar-refractivity contribution in [3.63, 3.8) is 0 Å². The van der Waals surface area contributed by atoms with E-state index in [1.54, 1.807) is 0 Å². The lowest BCUT2D eigenvalue weighted by Gasteiger charge is -2.38. The molecule has 1 heterocycles. The molecule has 2 atom stereocenters. The van der Waals surface area contributed by atoms with Crippen LogP contribution >= 0.6 is 12.4 Å². The van der Waals surface area contributed by atoms with Gasteiger partial charge in [0.05, 0.1) is 0 Å². The van der Waals surface area contributed by atoms with Crippen molar-refractivity contribution in [3.05, 3.63) is 35.9 Å². The predicted molar refractivity (Wildman–Crippen MR) is 80.3 cm³/mol. The molecule has 106 valence electrons. The molecule has 2 unspecified atom stereocenters. The molecule has 0 aromatic heterocycles. The summed E-state index contributed by atoms with van der Waals surface area (Å²) < 4.78 is 0. The first-order valence-corrected chi connectivity index (χ1v) is 6.69. The van der Waals surface area contributed by atoms with Gasteiger partial charge in [0.1, 0.15) is 5.54 Å². The van der Waals surface area contributed by atoms with Crippen LogP contribution in [0.2, 0.25) is 0 Å². The summed E-state index contributed by atoms with van der Waals surface area (Å²) in [6.45, 7) is 4.75. The smallest absolute Gasteiger partial charge is 0.247 e. The van der Waals surface area contributed by atoms with Gasteiger partial charge in [0.15, 0.2) is 0 Å². The molecule has 0 aliphatic carbocycles.